The van der Waals surface area contributed by atoms with Gasteiger partial charge < -0.3 is 10.6 Å². The quantitative estimate of drug-likeness (QED) is 0.696. The van der Waals surface area contributed by atoms with Gasteiger partial charge in [-0.05, 0) is 18.3 Å². The van der Waals surface area contributed by atoms with E-state index in [9.17, 15) is 0 Å². The van der Waals surface area contributed by atoms with Crippen LogP contribution in [0.2, 0.25) is 0 Å². The number of hydrogen-bond donors (Lipinski definition) is 2. The summed E-state index contributed by atoms with van der Waals surface area (Å²) >= 11 is 0. The summed E-state index contributed by atoms with van der Waals surface area (Å²) in [6, 6.07) is 0.606. The normalized spacial score (nSPS) is 23.3. The molecule has 0 amide bonds. The Labute approximate surface area is 81.8 Å². The van der Waals surface area contributed by atoms with Crippen molar-refractivity contribution in [3.8, 4) is 0 Å². The van der Waals surface area contributed by atoms with E-state index in [2.05, 4.69) is 38.0 Å². The van der Waals surface area contributed by atoms with Crippen molar-refractivity contribution in [2.24, 2.45) is 5.41 Å². The fourth-order valence-electron chi connectivity index (χ4n) is 1.56. The highest BCUT2D eigenvalue weighted by atomic mass is 15.0. The lowest BCUT2D eigenvalue weighted by Gasteiger charge is -2.20. The Kier molecular flexibility index (Phi) is 3.37. The van der Waals surface area contributed by atoms with Gasteiger partial charge in [-0.25, -0.2) is 0 Å². The highest BCUT2D eigenvalue weighted by molar-refractivity contribution is 5.01. The highest BCUT2D eigenvalue weighted by Crippen LogP contribution is 2.14. The summed E-state index contributed by atoms with van der Waals surface area (Å²) in [5.74, 6) is 0. The molecule has 0 bridgehead atoms. The molecule has 13 heavy (non-hydrogen) atoms. The summed E-state index contributed by atoms with van der Waals surface area (Å²) < 4.78 is 0. The maximum Gasteiger partial charge on any atom is 0.0386 e. The van der Waals surface area contributed by atoms with E-state index in [0.29, 0.717) is 11.5 Å². The topological polar surface area (TPSA) is 24.1 Å². The monoisotopic (exact) mass is 182 g/mol. The van der Waals surface area contributed by atoms with Crippen LogP contribution in [-0.4, -0.2) is 19.1 Å². The molecule has 1 unspecified atom stereocenters. The van der Waals surface area contributed by atoms with Crippen LogP contribution in [0.25, 0.3) is 0 Å². The van der Waals surface area contributed by atoms with Crippen LogP contribution in [0, 0.1) is 5.41 Å². The van der Waals surface area contributed by atoms with Gasteiger partial charge in [0.15, 0.2) is 0 Å². The molecule has 1 heterocycles. The zero-order valence-electron chi connectivity index (χ0n) is 9.11. The van der Waals surface area contributed by atoms with Crippen LogP contribution < -0.4 is 10.6 Å². The molecule has 1 saturated heterocycles. The van der Waals surface area contributed by atoms with Crippen molar-refractivity contribution >= 4 is 0 Å². The minimum Gasteiger partial charge on any atom is -0.385 e. The van der Waals surface area contributed by atoms with Crippen molar-refractivity contribution in [2.45, 2.75) is 39.7 Å². The second kappa shape index (κ2) is 4.14. The molecule has 0 aromatic carbocycles. The van der Waals surface area contributed by atoms with Crippen LogP contribution in [0.3, 0.4) is 0 Å². The molecular weight excluding hydrogens is 160 g/mol. The van der Waals surface area contributed by atoms with Gasteiger partial charge >= 0.3 is 0 Å². The van der Waals surface area contributed by atoms with E-state index < -0.39 is 0 Å². The zero-order valence-corrected chi connectivity index (χ0v) is 9.11. The van der Waals surface area contributed by atoms with Crippen LogP contribution in [-0.2, 0) is 0 Å². The Balaban J connectivity index is 2.10. The van der Waals surface area contributed by atoms with Gasteiger partial charge in [0.25, 0.3) is 0 Å². The lowest BCUT2D eigenvalue weighted by molar-refractivity contribution is 0.369. The standard InChI is InChI=1S/C11H22N2/c1-9-5-6-10(13-9)7-12-8-11(2,3)4/h10,12-13H,1,5-8H2,2-4H3. The molecule has 76 valence electrons. The predicted octanol–water partition coefficient (Wildman–Crippen LogP) is 1.89. The van der Waals surface area contributed by atoms with Gasteiger partial charge in [0.2, 0.25) is 0 Å². The highest BCUT2D eigenvalue weighted by Gasteiger charge is 2.17. The molecule has 0 radical (unpaired) electrons. The van der Waals surface area contributed by atoms with Crippen LogP contribution >= 0.6 is 0 Å². The maximum atomic E-state index is 3.92. The van der Waals surface area contributed by atoms with E-state index in [4.69, 9.17) is 0 Å². The second-order valence-electron chi connectivity index (χ2n) is 5.18. The number of hydrogen-bond acceptors (Lipinski definition) is 2. The van der Waals surface area contributed by atoms with E-state index in [-0.39, 0.29) is 0 Å². The van der Waals surface area contributed by atoms with Gasteiger partial charge in [-0.15, -0.1) is 0 Å². The molecule has 0 aliphatic carbocycles. The lowest BCUT2D eigenvalue weighted by atomic mass is 9.97. The molecule has 1 aliphatic heterocycles. The van der Waals surface area contributed by atoms with Crippen molar-refractivity contribution in [1.82, 2.24) is 10.6 Å². The summed E-state index contributed by atoms with van der Waals surface area (Å²) in [6.07, 6.45) is 2.37. The predicted molar refractivity (Wildman–Crippen MR) is 57.6 cm³/mol. The van der Waals surface area contributed by atoms with Crippen molar-refractivity contribution < 1.29 is 0 Å². The Hall–Kier alpha value is -0.500. The Morgan fingerprint density at radius 1 is 1.54 bits per heavy atom. The van der Waals surface area contributed by atoms with Gasteiger partial charge in [-0.3, -0.25) is 0 Å². The molecule has 1 aliphatic rings. The van der Waals surface area contributed by atoms with E-state index in [1.54, 1.807) is 0 Å². The van der Waals surface area contributed by atoms with E-state index >= 15 is 0 Å². The fraction of sp³-hybridized carbons (Fsp3) is 0.818. The third-order valence-electron chi connectivity index (χ3n) is 2.25. The minimum atomic E-state index is 0.385. The van der Waals surface area contributed by atoms with Crippen molar-refractivity contribution in [3.63, 3.8) is 0 Å². The summed E-state index contributed by atoms with van der Waals surface area (Å²) in [5, 5.41) is 6.87. The van der Waals surface area contributed by atoms with Crippen LogP contribution in [0.1, 0.15) is 33.6 Å². The summed E-state index contributed by atoms with van der Waals surface area (Å²) in [5.41, 5.74) is 1.58. The fourth-order valence-corrected chi connectivity index (χ4v) is 1.56. The molecule has 0 spiro atoms. The van der Waals surface area contributed by atoms with E-state index in [1.807, 2.05) is 0 Å². The van der Waals surface area contributed by atoms with E-state index in [1.165, 1.54) is 12.1 Å². The number of rotatable bonds is 3. The summed E-state index contributed by atoms with van der Waals surface area (Å²) in [7, 11) is 0. The zero-order chi connectivity index (χ0) is 9.90. The first-order valence-electron chi connectivity index (χ1n) is 5.12. The average molecular weight is 182 g/mol. The molecular formula is C11H22N2. The molecule has 1 rings (SSSR count). The third-order valence-corrected chi connectivity index (χ3v) is 2.25. The van der Waals surface area contributed by atoms with Crippen molar-refractivity contribution in [2.75, 3.05) is 13.1 Å². The molecule has 0 saturated carbocycles. The first-order valence-corrected chi connectivity index (χ1v) is 5.12. The average Bonchev–Trinajstić information content (AvgIpc) is 2.33. The molecule has 2 nitrogen and oxygen atoms in total. The molecule has 0 aromatic rings. The molecule has 2 heteroatoms. The first kappa shape index (κ1) is 10.6. The molecule has 2 N–H and O–H groups in total. The van der Waals surface area contributed by atoms with Crippen molar-refractivity contribution in [3.05, 3.63) is 12.3 Å². The molecule has 1 fully saturated rings. The number of nitrogens with one attached hydrogen (secondary N) is 2. The molecule has 1 atom stereocenters. The van der Waals surface area contributed by atoms with Gasteiger partial charge in [-0.2, -0.15) is 0 Å². The van der Waals surface area contributed by atoms with Crippen LogP contribution in [0.5, 0.6) is 0 Å². The van der Waals surface area contributed by atoms with Crippen molar-refractivity contribution in [1.29, 1.82) is 0 Å². The molecule has 0 aromatic heterocycles. The SMILES string of the molecule is C=C1CCC(CNCC(C)(C)C)N1. The lowest BCUT2D eigenvalue weighted by Crippen LogP contribution is -2.37. The summed E-state index contributed by atoms with van der Waals surface area (Å²) in [4.78, 5) is 0. The van der Waals surface area contributed by atoms with E-state index in [0.717, 1.165) is 19.5 Å². The van der Waals surface area contributed by atoms with Crippen LogP contribution in [0.15, 0.2) is 12.3 Å². The van der Waals surface area contributed by atoms with Gasteiger partial charge in [0, 0.05) is 24.8 Å². The Bertz CT molecular complexity index is 179. The summed E-state index contributed by atoms with van der Waals surface area (Å²) in [6.45, 7) is 12.8. The second-order valence-corrected chi connectivity index (χ2v) is 5.18. The minimum absolute atomic E-state index is 0.385. The van der Waals surface area contributed by atoms with Gasteiger partial charge in [0.05, 0.1) is 0 Å². The smallest absolute Gasteiger partial charge is 0.0386 e. The van der Waals surface area contributed by atoms with Gasteiger partial charge in [-0.1, -0.05) is 27.4 Å². The number of allylic oxidation sites excluding steroid dienone is 1. The Morgan fingerprint density at radius 3 is 2.69 bits per heavy atom. The van der Waals surface area contributed by atoms with Crippen LogP contribution in [0.4, 0.5) is 0 Å². The maximum absolute atomic E-state index is 3.92. The third kappa shape index (κ3) is 4.32. The largest absolute Gasteiger partial charge is 0.385 e. The van der Waals surface area contributed by atoms with Gasteiger partial charge in [0.1, 0.15) is 0 Å². The Morgan fingerprint density at radius 2 is 2.23 bits per heavy atom. The first-order chi connectivity index (χ1) is 5.97.